The molecular formula is C20H18N2O2. The minimum atomic E-state index is -0.841. The number of hydrogen-bond acceptors (Lipinski definition) is 3. The summed E-state index contributed by atoms with van der Waals surface area (Å²) in [7, 11) is 1.87. The number of para-hydroxylation sites is 1. The van der Waals surface area contributed by atoms with Gasteiger partial charge in [0.15, 0.2) is 5.78 Å². The number of rotatable bonds is 5. The van der Waals surface area contributed by atoms with Crippen LogP contribution in [0, 0.1) is 18.3 Å². The molecule has 2 aromatic carbocycles. The minimum Gasteiger partial charge on any atom is -0.486 e. The first-order chi connectivity index (χ1) is 11.6. The predicted octanol–water partition coefficient (Wildman–Crippen LogP) is 3.74. The summed E-state index contributed by atoms with van der Waals surface area (Å²) in [6.07, 6.45) is 0. The van der Waals surface area contributed by atoms with Gasteiger partial charge in [0.25, 0.3) is 0 Å². The molecule has 0 aliphatic carbocycles. The zero-order chi connectivity index (χ0) is 17.1. The van der Waals surface area contributed by atoms with Gasteiger partial charge in [0.2, 0.25) is 0 Å². The van der Waals surface area contributed by atoms with E-state index in [4.69, 9.17) is 4.74 Å². The van der Waals surface area contributed by atoms with Crippen molar-refractivity contribution in [3.05, 3.63) is 65.9 Å². The second kappa shape index (κ2) is 6.59. The number of benzene rings is 2. The van der Waals surface area contributed by atoms with E-state index in [1.165, 1.54) is 0 Å². The molecule has 24 heavy (non-hydrogen) atoms. The Morgan fingerprint density at radius 3 is 2.71 bits per heavy atom. The molecule has 0 aliphatic heterocycles. The zero-order valence-electron chi connectivity index (χ0n) is 13.7. The van der Waals surface area contributed by atoms with Crippen molar-refractivity contribution < 1.29 is 9.53 Å². The maximum atomic E-state index is 12.5. The molecule has 0 saturated heterocycles. The van der Waals surface area contributed by atoms with Gasteiger partial charge in [-0.25, -0.2) is 0 Å². The van der Waals surface area contributed by atoms with Crippen LogP contribution in [0.1, 0.15) is 17.2 Å². The highest BCUT2D eigenvalue weighted by atomic mass is 16.5. The number of aryl methyl sites for hydroxylation is 2. The second-order valence-electron chi connectivity index (χ2n) is 5.82. The number of nitrogens with zero attached hydrogens (tertiary/aromatic N) is 2. The highest BCUT2D eigenvalue weighted by Gasteiger charge is 2.24. The summed E-state index contributed by atoms with van der Waals surface area (Å²) in [5, 5.41) is 10.5. The molecule has 1 heterocycles. The van der Waals surface area contributed by atoms with Crippen LogP contribution in [0.15, 0.2) is 54.6 Å². The minimum absolute atomic E-state index is 0.122. The number of ether oxygens (including phenoxy) is 1. The van der Waals surface area contributed by atoms with E-state index in [0.717, 1.165) is 16.5 Å². The van der Waals surface area contributed by atoms with Crippen LogP contribution >= 0.6 is 0 Å². The molecule has 1 unspecified atom stereocenters. The van der Waals surface area contributed by atoms with Gasteiger partial charge in [-0.05, 0) is 42.1 Å². The maximum Gasteiger partial charge on any atom is 0.193 e. The summed E-state index contributed by atoms with van der Waals surface area (Å²) in [6.45, 7) is 1.84. The van der Waals surface area contributed by atoms with Crippen molar-refractivity contribution in [3.63, 3.8) is 0 Å². The van der Waals surface area contributed by atoms with Crippen LogP contribution < -0.4 is 4.74 Å². The smallest absolute Gasteiger partial charge is 0.193 e. The average molecular weight is 318 g/mol. The fourth-order valence-electron chi connectivity index (χ4n) is 2.83. The molecule has 1 aromatic heterocycles. The molecule has 0 spiro atoms. The van der Waals surface area contributed by atoms with Crippen molar-refractivity contribution in [2.24, 2.45) is 7.05 Å². The van der Waals surface area contributed by atoms with Crippen LogP contribution in [0.5, 0.6) is 5.75 Å². The normalized spacial score (nSPS) is 11.9. The lowest BCUT2D eigenvalue weighted by Gasteiger charge is -2.11. The Hall–Kier alpha value is -3.06. The van der Waals surface area contributed by atoms with Gasteiger partial charge >= 0.3 is 0 Å². The molecule has 0 aliphatic rings. The first kappa shape index (κ1) is 15.8. The van der Waals surface area contributed by atoms with Crippen LogP contribution in [0.3, 0.4) is 0 Å². The lowest BCUT2D eigenvalue weighted by molar-refractivity contribution is -0.121. The highest BCUT2D eigenvalue weighted by Crippen LogP contribution is 2.25. The van der Waals surface area contributed by atoms with Crippen LogP contribution in [-0.2, 0) is 11.8 Å². The predicted molar refractivity (Wildman–Crippen MR) is 93.0 cm³/mol. The van der Waals surface area contributed by atoms with E-state index < -0.39 is 5.92 Å². The summed E-state index contributed by atoms with van der Waals surface area (Å²) in [6, 6.07) is 19.3. The Bertz CT molecular complexity index is 934. The molecule has 0 amide bonds. The number of carbonyl (C=O) groups is 1. The van der Waals surface area contributed by atoms with E-state index in [2.05, 4.69) is 6.07 Å². The SMILES string of the molecule is Cc1cccc(OCC(=O)C(C#N)c2cc3ccccc3n2C)c1. The van der Waals surface area contributed by atoms with Crippen molar-refractivity contribution in [1.82, 2.24) is 4.57 Å². The number of ketones is 1. The quantitative estimate of drug-likeness (QED) is 0.720. The molecule has 1 atom stereocenters. The van der Waals surface area contributed by atoms with Gasteiger partial charge in [-0.1, -0.05) is 30.3 Å². The standard InChI is InChI=1S/C20H18N2O2/c1-14-6-5-8-16(10-14)24-13-20(23)17(12-21)19-11-15-7-3-4-9-18(15)22(19)2/h3-11,17H,13H2,1-2H3. The number of aromatic nitrogens is 1. The fraction of sp³-hybridized carbons (Fsp3) is 0.200. The third kappa shape index (κ3) is 3.02. The monoisotopic (exact) mass is 318 g/mol. The Morgan fingerprint density at radius 2 is 2.00 bits per heavy atom. The lowest BCUT2D eigenvalue weighted by Crippen LogP contribution is -2.20. The molecule has 0 radical (unpaired) electrons. The van der Waals surface area contributed by atoms with Gasteiger partial charge in [-0.2, -0.15) is 5.26 Å². The van der Waals surface area contributed by atoms with E-state index in [1.807, 2.05) is 67.1 Å². The number of carbonyl (C=O) groups excluding carboxylic acids is 1. The second-order valence-corrected chi connectivity index (χ2v) is 5.82. The van der Waals surface area contributed by atoms with E-state index >= 15 is 0 Å². The van der Waals surface area contributed by atoms with E-state index in [9.17, 15) is 10.1 Å². The van der Waals surface area contributed by atoms with Crippen LogP contribution in [0.4, 0.5) is 0 Å². The molecular weight excluding hydrogens is 300 g/mol. The highest BCUT2D eigenvalue weighted by molar-refractivity contribution is 5.91. The molecule has 0 saturated carbocycles. The number of fused-ring (bicyclic) bond motifs is 1. The van der Waals surface area contributed by atoms with Gasteiger partial charge in [-0.15, -0.1) is 0 Å². The first-order valence-corrected chi connectivity index (χ1v) is 7.76. The van der Waals surface area contributed by atoms with Crippen molar-refractivity contribution in [2.75, 3.05) is 6.61 Å². The van der Waals surface area contributed by atoms with Crippen LogP contribution in [0.25, 0.3) is 10.9 Å². The van der Waals surface area contributed by atoms with E-state index in [-0.39, 0.29) is 12.4 Å². The van der Waals surface area contributed by atoms with Gasteiger partial charge in [-0.3, -0.25) is 4.79 Å². The largest absolute Gasteiger partial charge is 0.486 e. The Labute approximate surface area is 140 Å². The van der Waals surface area contributed by atoms with E-state index in [1.54, 1.807) is 6.07 Å². The summed E-state index contributed by atoms with van der Waals surface area (Å²) in [5.74, 6) is -0.450. The van der Waals surface area contributed by atoms with Crippen molar-refractivity contribution in [3.8, 4) is 11.8 Å². The molecule has 3 aromatic rings. The summed E-state index contributed by atoms with van der Waals surface area (Å²) in [5.41, 5.74) is 2.75. The van der Waals surface area contributed by atoms with Crippen LogP contribution in [-0.4, -0.2) is 17.0 Å². The molecule has 4 nitrogen and oxygen atoms in total. The van der Waals surface area contributed by atoms with Crippen molar-refractivity contribution in [1.29, 1.82) is 5.26 Å². The Morgan fingerprint density at radius 1 is 1.21 bits per heavy atom. The summed E-state index contributed by atoms with van der Waals surface area (Å²) >= 11 is 0. The fourth-order valence-corrected chi connectivity index (χ4v) is 2.83. The molecule has 0 N–H and O–H groups in total. The molecule has 120 valence electrons. The number of Topliss-reactive ketones (excluding diaryl/α,β-unsaturated/α-hetero) is 1. The van der Waals surface area contributed by atoms with E-state index in [0.29, 0.717) is 11.4 Å². The Kier molecular flexibility index (Phi) is 4.35. The molecule has 4 heteroatoms. The molecule has 0 fully saturated rings. The van der Waals surface area contributed by atoms with Gasteiger partial charge in [0.1, 0.15) is 18.3 Å². The van der Waals surface area contributed by atoms with Gasteiger partial charge < -0.3 is 9.30 Å². The number of nitriles is 1. The molecule has 0 bridgehead atoms. The van der Waals surface area contributed by atoms with Crippen molar-refractivity contribution >= 4 is 16.7 Å². The first-order valence-electron chi connectivity index (χ1n) is 7.76. The third-order valence-corrected chi connectivity index (χ3v) is 4.11. The van der Waals surface area contributed by atoms with Gasteiger partial charge in [0.05, 0.1) is 6.07 Å². The lowest BCUT2D eigenvalue weighted by atomic mass is 10.0. The molecule has 3 rings (SSSR count). The average Bonchev–Trinajstić information content (AvgIpc) is 2.91. The third-order valence-electron chi connectivity index (χ3n) is 4.11. The van der Waals surface area contributed by atoms with Crippen LogP contribution in [0.2, 0.25) is 0 Å². The zero-order valence-corrected chi connectivity index (χ0v) is 13.7. The topological polar surface area (TPSA) is 55.0 Å². The van der Waals surface area contributed by atoms with Gasteiger partial charge in [0, 0.05) is 18.3 Å². The summed E-state index contributed by atoms with van der Waals surface area (Å²) in [4.78, 5) is 12.5. The maximum absolute atomic E-state index is 12.5. The summed E-state index contributed by atoms with van der Waals surface area (Å²) < 4.78 is 7.45. The Balaban J connectivity index is 1.81. The number of hydrogen-bond donors (Lipinski definition) is 0. The van der Waals surface area contributed by atoms with Crippen molar-refractivity contribution in [2.45, 2.75) is 12.8 Å².